The maximum Gasteiger partial charge on any atom is 0.343 e. The molecule has 0 heterocycles. The van der Waals surface area contributed by atoms with Crippen molar-refractivity contribution in [3.05, 3.63) is 59.7 Å². The van der Waals surface area contributed by atoms with Gasteiger partial charge in [-0.2, -0.15) is 0 Å². The second-order valence-corrected chi connectivity index (χ2v) is 5.43. The summed E-state index contributed by atoms with van der Waals surface area (Å²) in [5.41, 5.74) is 7.96. The summed E-state index contributed by atoms with van der Waals surface area (Å²) in [5, 5.41) is 0. The van der Waals surface area contributed by atoms with Gasteiger partial charge >= 0.3 is 5.97 Å². The van der Waals surface area contributed by atoms with E-state index < -0.39 is 0 Å². The highest BCUT2D eigenvalue weighted by Crippen LogP contribution is 2.15. The van der Waals surface area contributed by atoms with Crippen molar-refractivity contribution in [1.82, 2.24) is 4.90 Å². The van der Waals surface area contributed by atoms with Gasteiger partial charge in [-0.05, 0) is 61.5 Å². The highest BCUT2D eigenvalue weighted by atomic mass is 35.5. The molecule has 0 aliphatic rings. The van der Waals surface area contributed by atoms with E-state index in [9.17, 15) is 4.79 Å². The van der Waals surface area contributed by atoms with E-state index in [1.807, 2.05) is 24.3 Å². The Hall–Kier alpha value is -2.04. The summed E-state index contributed by atoms with van der Waals surface area (Å²) < 4.78 is 5.37. The van der Waals surface area contributed by atoms with Gasteiger partial charge in [0.2, 0.25) is 0 Å². The van der Waals surface area contributed by atoms with Crippen LogP contribution < -0.4 is 10.5 Å². The second kappa shape index (κ2) is 9.96. The molecule has 0 fully saturated rings. The molecular formula is C19H25ClN2O2. The van der Waals surface area contributed by atoms with E-state index in [-0.39, 0.29) is 18.4 Å². The fourth-order valence-corrected chi connectivity index (χ4v) is 2.34. The Balaban J connectivity index is 0.00000288. The maximum atomic E-state index is 12.0. The van der Waals surface area contributed by atoms with Crippen LogP contribution in [0.25, 0.3) is 0 Å². The van der Waals surface area contributed by atoms with Gasteiger partial charge in [-0.1, -0.05) is 26.0 Å². The lowest BCUT2D eigenvalue weighted by Gasteiger charge is -2.17. The van der Waals surface area contributed by atoms with E-state index in [2.05, 4.69) is 18.7 Å². The van der Waals surface area contributed by atoms with Crippen LogP contribution in [-0.4, -0.2) is 30.5 Å². The van der Waals surface area contributed by atoms with Crippen LogP contribution in [-0.2, 0) is 6.42 Å². The lowest BCUT2D eigenvalue weighted by atomic mass is 10.1. The van der Waals surface area contributed by atoms with Gasteiger partial charge in [0.15, 0.2) is 0 Å². The van der Waals surface area contributed by atoms with Crippen molar-refractivity contribution >= 4 is 24.1 Å². The summed E-state index contributed by atoms with van der Waals surface area (Å²) in [6.07, 6.45) is 0.994. The fourth-order valence-electron chi connectivity index (χ4n) is 2.34. The van der Waals surface area contributed by atoms with E-state index in [0.717, 1.165) is 26.1 Å². The zero-order valence-corrected chi connectivity index (χ0v) is 15.0. The molecule has 0 unspecified atom stereocenters. The molecule has 4 nitrogen and oxygen atoms in total. The largest absolute Gasteiger partial charge is 0.423 e. The number of nitrogen functional groups attached to an aromatic ring is 1. The SMILES string of the molecule is CCN(CC)CCc1ccc(OC(=O)c2ccc(N)cc2)cc1.Cl. The first-order valence-electron chi connectivity index (χ1n) is 8.01. The summed E-state index contributed by atoms with van der Waals surface area (Å²) >= 11 is 0. The lowest BCUT2D eigenvalue weighted by molar-refractivity contribution is 0.0735. The number of hydrogen-bond acceptors (Lipinski definition) is 4. The first-order valence-corrected chi connectivity index (χ1v) is 8.01. The van der Waals surface area contributed by atoms with Gasteiger partial charge < -0.3 is 15.4 Å². The minimum absolute atomic E-state index is 0. The number of hydrogen-bond donors (Lipinski definition) is 1. The number of ether oxygens (including phenoxy) is 1. The molecule has 2 aromatic carbocycles. The average molecular weight is 349 g/mol. The molecule has 0 atom stereocenters. The molecule has 0 saturated heterocycles. The molecule has 5 heteroatoms. The lowest BCUT2D eigenvalue weighted by Crippen LogP contribution is -2.25. The zero-order valence-electron chi connectivity index (χ0n) is 14.2. The van der Waals surface area contributed by atoms with Crippen molar-refractivity contribution in [3.63, 3.8) is 0 Å². The molecule has 2 rings (SSSR count). The van der Waals surface area contributed by atoms with Crippen LogP contribution in [0.2, 0.25) is 0 Å². The number of likely N-dealkylation sites (N-methyl/N-ethyl adjacent to an activating group) is 1. The summed E-state index contributed by atoms with van der Waals surface area (Å²) in [5.74, 6) is 0.180. The van der Waals surface area contributed by atoms with Crippen LogP contribution in [0.4, 0.5) is 5.69 Å². The van der Waals surface area contributed by atoms with Gasteiger partial charge in [0.05, 0.1) is 5.56 Å². The number of nitrogens with zero attached hydrogens (tertiary/aromatic N) is 1. The molecule has 130 valence electrons. The van der Waals surface area contributed by atoms with E-state index in [0.29, 0.717) is 17.0 Å². The Morgan fingerprint density at radius 1 is 1.00 bits per heavy atom. The van der Waals surface area contributed by atoms with Crippen LogP contribution >= 0.6 is 12.4 Å². The Labute approximate surface area is 150 Å². The van der Waals surface area contributed by atoms with E-state index >= 15 is 0 Å². The highest BCUT2D eigenvalue weighted by molar-refractivity contribution is 5.91. The number of esters is 1. The summed E-state index contributed by atoms with van der Waals surface area (Å²) in [7, 11) is 0. The molecular weight excluding hydrogens is 324 g/mol. The monoisotopic (exact) mass is 348 g/mol. The van der Waals surface area contributed by atoms with Gasteiger partial charge in [0.1, 0.15) is 5.75 Å². The summed E-state index contributed by atoms with van der Waals surface area (Å²) in [6.45, 7) is 7.51. The van der Waals surface area contributed by atoms with Gasteiger partial charge in [0.25, 0.3) is 0 Å². The predicted molar refractivity (Wildman–Crippen MR) is 101 cm³/mol. The van der Waals surface area contributed by atoms with Crippen molar-refractivity contribution in [2.75, 3.05) is 25.4 Å². The van der Waals surface area contributed by atoms with Crippen molar-refractivity contribution in [2.45, 2.75) is 20.3 Å². The van der Waals surface area contributed by atoms with Crippen LogP contribution in [0.1, 0.15) is 29.8 Å². The molecule has 0 spiro atoms. The molecule has 0 amide bonds. The topological polar surface area (TPSA) is 55.6 Å². The predicted octanol–water partition coefficient (Wildman–Crippen LogP) is 3.79. The third kappa shape index (κ3) is 5.87. The minimum atomic E-state index is -0.374. The van der Waals surface area contributed by atoms with Crippen molar-refractivity contribution in [2.24, 2.45) is 0 Å². The Bertz CT molecular complexity index is 623. The van der Waals surface area contributed by atoms with Crippen LogP contribution in [0.5, 0.6) is 5.75 Å². The number of rotatable bonds is 7. The average Bonchev–Trinajstić information content (AvgIpc) is 2.58. The van der Waals surface area contributed by atoms with Crippen molar-refractivity contribution in [3.8, 4) is 5.75 Å². The standard InChI is InChI=1S/C19H24N2O2.ClH/c1-3-21(4-2)14-13-15-5-11-18(12-6-15)23-19(22)16-7-9-17(20)10-8-16;/h5-12H,3-4,13-14,20H2,1-2H3;1H. The van der Waals surface area contributed by atoms with Crippen LogP contribution in [0.15, 0.2) is 48.5 Å². The highest BCUT2D eigenvalue weighted by Gasteiger charge is 2.08. The third-order valence-corrected chi connectivity index (χ3v) is 3.89. The van der Waals surface area contributed by atoms with E-state index in [1.54, 1.807) is 24.3 Å². The van der Waals surface area contributed by atoms with Gasteiger partial charge in [-0.15, -0.1) is 12.4 Å². The Morgan fingerprint density at radius 2 is 1.58 bits per heavy atom. The molecule has 24 heavy (non-hydrogen) atoms. The van der Waals surface area contributed by atoms with Crippen molar-refractivity contribution < 1.29 is 9.53 Å². The molecule has 0 saturated carbocycles. The van der Waals surface area contributed by atoms with Crippen molar-refractivity contribution in [1.29, 1.82) is 0 Å². The number of carbonyl (C=O) groups excluding carboxylic acids is 1. The smallest absolute Gasteiger partial charge is 0.343 e. The first-order chi connectivity index (χ1) is 11.1. The molecule has 2 N–H and O–H groups in total. The minimum Gasteiger partial charge on any atom is -0.423 e. The number of benzene rings is 2. The second-order valence-electron chi connectivity index (χ2n) is 5.43. The number of carbonyl (C=O) groups is 1. The normalized spacial score (nSPS) is 10.3. The molecule has 0 aliphatic carbocycles. The number of nitrogens with two attached hydrogens (primary N) is 1. The quantitative estimate of drug-likeness (QED) is 0.470. The number of anilines is 1. The molecule has 0 bridgehead atoms. The Morgan fingerprint density at radius 3 is 2.12 bits per heavy atom. The molecule has 2 aromatic rings. The Kier molecular flexibility index (Phi) is 8.30. The fraction of sp³-hybridized carbons (Fsp3) is 0.316. The van der Waals surface area contributed by atoms with Crippen LogP contribution in [0.3, 0.4) is 0 Å². The number of halogens is 1. The molecule has 0 radical (unpaired) electrons. The summed E-state index contributed by atoms with van der Waals surface area (Å²) in [6, 6.07) is 14.4. The maximum absolute atomic E-state index is 12.0. The van der Waals surface area contributed by atoms with E-state index in [1.165, 1.54) is 5.56 Å². The van der Waals surface area contributed by atoms with Crippen LogP contribution in [0, 0.1) is 0 Å². The van der Waals surface area contributed by atoms with E-state index in [4.69, 9.17) is 10.5 Å². The zero-order chi connectivity index (χ0) is 16.7. The molecule has 0 aromatic heterocycles. The first kappa shape index (κ1) is 20.0. The van der Waals surface area contributed by atoms with Gasteiger partial charge in [-0.25, -0.2) is 4.79 Å². The third-order valence-electron chi connectivity index (χ3n) is 3.89. The summed E-state index contributed by atoms with van der Waals surface area (Å²) in [4.78, 5) is 14.4. The molecule has 0 aliphatic heterocycles. The van der Waals surface area contributed by atoms with Gasteiger partial charge in [-0.3, -0.25) is 0 Å². The van der Waals surface area contributed by atoms with Gasteiger partial charge in [0, 0.05) is 12.2 Å².